The number of hydrogen-bond donors (Lipinski definition) is 2. The minimum atomic E-state index is -4.12. The Kier molecular flexibility index (Phi) is 6.82. The second-order valence-electron chi connectivity index (χ2n) is 5.51. The van der Waals surface area contributed by atoms with Crippen LogP contribution in [0.2, 0.25) is 10.0 Å². The third-order valence-corrected chi connectivity index (χ3v) is 5.03. The van der Waals surface area contributed by atoms with Gasteiger partial charge in [-0.25, -0.2) is 4.98 Å². The number of nitrogens with zero attached hydrogens (tertiary/aromatic N) is 2. The summed E-state index contributed by atoms with van der Waals surface area (Å²) in [6.07, 6.45) is 3.46. The fourth-order valence-corrected chi connectivity index (χ4v) is 3.28. The van der Waals surface area contributed by atoms with E-state index in [2.05, 4.69) is 9.88 Å². The first-order valence-electron chi connectivity index (χ1n) is 7.62. The van der Waals surface area contributed by atoms with E-state index in [9.17, 15) is 13.2 Å². The summed E-state index contributed by atoms with van der Waals surface area (Å²) >= 11 is 11.2. The van der Waals surface area contributed by atoms with Gasteiger partial charge < -0.3 is 10.6 Å². The van der Waals surface area contributed by atoms with Crippen molar-refractivity contribution in [3.05, 3.63) is 52.1 Å². The normalized spacial score (nSPS) is 13.9. The number of carbonyl (C=O) groups excluding carboxylic acids is 1. The van der Waals surface area contributed by atoms with Gasteiger partial charge in [0.2, 0.25) is 5.91 Å². The zero-order valence-electron chi connectivity index (χ0n) is 13.6. The Morgan fingerprint density at radius 1 is 1.15 bits per heavy atom. The van der Waals surface area contributed by atoms with Gasteiger partial charge >= 0.3 is 0 Å². The molecule has 3 N–H and O–H groups in total. The Bertz CT molecular complexity index is 883. The number of hydrogen-bond acceptors (Lipinski definition) is 5. The summed E-state index contributed by atoms with van der Waals surface area (Å²) in [7, 11) is -4.12. The third-order valence-electron chi connectivity index (χ3n) is 3.65. The van der Waals surface area contributed by atoms with Gasteiger partial charge in [-0.15, -0.1) is 0 Å². The van der Waals surface area contributed by atoms with Gasteiger partial charge in [-0.3, -0.25) is 9.35 Å². The lowest BCUT2D eigenvalue weighted by Crippen LogP contribution is -2.18. The monoisotopic (exact) mass is 417 g/mol. The number of pyridine rings is 1. The first-order valence-corrected chi connectivity index (χ1v) is 9.81. The quantitative estimate of drug-likeness (QED) is 0.741. The third kappa shape index (κ3) is 5.57. The van der Waals surface area contributed by atoms with Crippen molar-refractivity contribution in [2.45, 2.75) is 17.7 Å². The molecule has 0 atom stereocenters. The topological polar surface area (TPSA) is 114 Å². The van der Waals surface area contributed by atoms with Crippen molar-refractivity contribution >= 4 is 45.0 Å². The molecule has 7 nitrogen and oxygen atoms in total. The largest absolute Gasteiger partial charge is 0.366 e. The van der Waals surface area contributed by atoms with Gasteiger partial charge in [0, 0.05) is 18.1 Å². The molecule has 0 aliphatic carbocycles. The molecule has 0 saturated carbocycles. The molecule has 1 aromatic carbocycles. The molecule has 10 heteroatoms. The number of benzene rings is 1. The van der Waals surface area contributed by atoms with Crippen LogP contribution in [0.3, 0.4) is 0 Å². The van der Waals surface area contributed by atoms with E-state index in [-0.39, 0.29) is 15.5 Å². The average Bonchev–Trinajstić information content (AvgIpc) is 3.09. The van der Waals surface area contributed by atoms with Crippen LogP contribution in [0, 0.1) is 0 Å². The van der Waals surface area contributed by atoms with Crippen LogP contribution in [0.4, 0.5) is 5.82 Å². The van der Waals surface area contributed by atoms with Crippen LogP contribution in [0.25, 0.3) is 0 Å². The minimum Gasteiger partial charge on any atom is -0.366 e. The summed E-state index contributed by atoms with van der Waals surface area (Å²) in [6.45, 7) is 1.91. The standard InChI is InChI=1S/C9H12N2O3S.C7H5Cl2NO/c12-15(13,14)8-3-4-9(10-7-8)11-5-1-2-6-11;8-4-1-2-5(7(10)11)6(9)3-4/h3-4,7H,1-2,5-6H2,(H,12,13,14);1-3H,(H2,10,11). The molecule has 1 fully saturated rings. The van der Waals surface area contributed by atoms with E-state index in [4.69, 9.17) is 33.5 Å². The van der Waals surface area contributed by atoms with Gasteiger partial charge in [0.1, 0.15) is 10.7 Å². The highest BCUT2D eigenvalue weighted by molar-refractivity contribution is 7.85. The molecule has 0 radical (unpaired) electrons. The number of rotatable bonds is 3. The summed E-state index contributed by atoms with van der Waals surface area (Å²) in [5.74, 6) is 0.214. The average molecular weight is 418 g/mol. The van der Waals surface area contributed by atoms with E-state index in [1.165, 1.54) is 24.4 Å². The molecule has 2 aromatic rings. The molecule has 26 heavy (non-hydrogen) atoms. The molecule has 1 aliphatic heterocycles. The van der Waals surface area contributed by atoms with Crippen molar-refractivity contribution < 1.29 is 17.8 Å². The predicted molar refractivity (Wildman–Crippen MR) is 100 cm³/mol. The number of nitrogens with two attached hydrogens (primary N) is 1. The first kappa shape index (κ1) is 20.4. The minimum absolute atomic E-state index is 0.162. The van der Waals surface area contributed by atoms with Crippen LogP contribution >= 0.6 is 23.2 Å². The smallest absolute Gasteiger partial charge is 0.296 e. The van der Waals surface area contributed by atoms with E-state index < -0.39 is 16.0 Å². The maximum absolute atomic E-state index is 10.8. The second kappa shape index (κ2) is 8.68. The summed E-state index contributed by atoms with van der Waals surface area (Å²) in [5, 5.41) is 0.769. The van der Waals surface area contributed by atoms with E-state index in [0.29, 0.717) is 5.02 Å². The molecule has 3 rings (SSSR count). The number of amides is 1. The van der Waals surface area contributed by atoms with Crippen LogP contribution in [-0.4, -0.2) is 37.0 Å². The number of primary amides is 1. The molecule has 0 bridgehead atoms. The van der Waals surface area contributed by atoms with Crippen molar-refractivity contribution in [2.24, 2.45) is 5.73 Å². The van der Waals surface area contributed by atoms with Crippen LogP contribution in [0.1, 0.15) is 23.2 Å². The van der Waals surface area contributed by atoms with Gasteiger partial charge in [0.05, 0.1) is 16.8 Å². The first-order chi connectivity index (χ1) is 12.2. The van der Waals surface area contributed by atoms with Crippen LogP contribution in [-0.2, 0) is 10.1 Å². The van der Waals surface area contributed by atoms with E-state index >= 15 is 0 Å². The Balaban J connectivity index is 0.000000197. The van der Waals surface area contributed by atoms with Gasteiger partial charge in [-0.05, 0) is 43.2 Å². The molecule has 1 amide bonds. The molecule has 1 aliphatic rings. The van der Waals surface area contributed by atoms with Crippen LogP contribution in [0.15, 0.2) is 41.4 Å². The summed E-state index contributed by atoms with van der Waals surface area (Å²) < 4.78 is 30.3. The van der Waals surface area contributed by atoms with Crippen molar-refractivity contribution in [3.63, 3.8) is 0 Å². The van der Waals surface area contributed by atoms with E-state index in [1.54, 1.807) is 12.1 Å². The zero-order chi connectivity index (χ0) is 19.3. The van der Waals surface area contributed by atoms with Crippen molar-refractivity contribution in [3.8, 4) is 0 Å². The lowest BCUT2D eigenvalue weighted by molar-refractivity contribution is 0.100. The maximum atomic E-state index is 10.8. The number of carbonyl (C=O) groups is 1. The summed E-state index contributed by atoms with van der Waals surface area (Å²) in [5.41, 5.74) is 5.29. The highest BCUT2D eigenvalue weighted by Gasteiger charge is 2.15. The predicted octanol–water partition coefficient (Wildman–Crippen LogP) is 3.02. The molecule has 0 unspecified atom stereocenters. The Labute approximate surface area is 161 Å². The Hall–Kier alpha value is -1.87. The fraction of sp³-hybridized carbons (Fsp3) is 0.250. The van der Waals surface area contributed by atoms with E-state index in [1.807, 2.05) is 0 Å². The Morgan fingerprint density at radius 2 is 1.81 bits per heavy atom. The van der Waals surface area contributed by atoms with Crippen LogP contribution < -0.4 is 10.6 Å². The van der Waals surface area contributed by atoms with Gasteiger partial charge in [-0.2, -0.15) is 8.42 Å². The molecule has 140 valence electrons. The van der Waals surface area contributed by atoms with Crippen molar-refractivity contribution in [1.82, 2.24) is 4.98 Å². The summed E-state index contributed by atoms with van der Waals surface area (Å²) in [4.78, 5) is 16.6. The molecular formula is C16H17Cl2N3O4S. The highest BCUT2D eigenvalue weighted by atomic mass is 35.5. The lowest BCUT2D eigenvalue weighted by Gasteiger charge is -2.15. The molecule has 1 saturated heterocycles. The van der Waals surface area contributed by atoms with Crippen molar-refractivity contribution in [2.75, 3.05) is 18.0 Å². The lowest BCUT2D eigenvalue weighted by atomic mass is 10.2. The second-order valence-corrected chi connectivity index (χ2v) is 7.77. The zero-order valence-corrected chi connectivity index (χ0v) is 15.9. The number of halogens is 2. The van der Waals surface area contributed by atoms with Gasteiger partial charge in [-0.1, -0.05) is 23.2 Å². The van der Waals surface area contributed by atoms with Crippen LogP contribution in [0.5, 0.6) is 0 Å². The van der Waals surface area contributed by atoms with Crippen molar-refractivity contribution in [1.29, 1.82) is 0 Å². The SMILES string of the molecule is NC(=O)c1ccc(Cl)cc1Cl.O=S(=O)(O)c1ccc(N2CCCC2)nc1. The maximum Gasteiger partial charge on any atom is 0.296 e. The number of aromatic nitrogens is 1. The molecule has 2 heterocycles. The fourth-order valence-electron chi connectivity index (χ4n) is 2.35. The van der Waals surface area contributed by atoms with Gasteiger partial charge in [0.25, 0.3) is 10.1 Å². The summed E-state index contributed by atoms with van der Waals surface area (Å²) in [6, 6.07) is 7.52. The molecule has 0 spiro atoms. The number of anilines is 1. The molecule has 1 aromatic heterocycles. The van der Waals surface area contributed by atoms with E-state index in [0.717, 1.165) is 31.7 Å². The van der Waals surface area contributed by atoms with Gasteiger partial charge in [0.15, 0.2) is 0 Å². The molecular weight excluding hydrogens is 401 g/mol. The Morgan fingerprint density at radius 3 is 2.27 bits per heavy atom. The highest BCUT2D eigenvalue weighted by Crippen LogP contribution is 2.20.